The molecule has 1 aromatic heterocycles. The van der Waals surface area contributed by atoms with E-state index in [4.69, 9.17) is 4.74 Å². The number of hydrogen-bond donors (Lipinski definition) is 2. The van der Waals surface area contributed by atoms with Gasteiger partial charge in [-0.25, -0.2) is 0 Å². The molecule has 2 N–H and O–H groups in total. The van der Waals surface area contributed by atoms with E-state index in [2.05, 4.69) is 15.6 Å². The van der Waals surface area contributed by atoms with Crippen LogP contribution in [0.2, 0.25) is 0 Å². The van der Waals surface area contributed by atoms with Crippen molar-refractivity contribution in [1.82, 2.24) is 10.3 Å². The lowest BCUT2D eigenvalue weighted by molar-refractivity contribution is 0.0954. The smallest absolute Gasteiger partial charge is 0.274 e. The minimum Gasteiger partial charge on any atom is -0.496 e. The number of benzene rings is 2. The summed E-state index contributed by atoms with van der Waals surface area (Å²) in [6, 6.07) is 18.2. The molecule has 0 bridgehead atoms. The van der Waals surface area contributed by atoms with E-state index in [0.29, 0.717) is 24.2 Å². The Morgan fingerprint density at radius 1 is 1.00 bits per heavy atom. The van der Waals surface area contributed by atoms with Crippen LogP contribution in [0.1, 0.15) is 32.0 Å². The van der Waals surface area contributed by atoms with Crippen molar-refractivity contribution in [2.24, 2.45) is 0 Å². The van der Waals surface area contributed by atoms with Gasteiger partial charge in [-0.3, -0.25) is 14.6 Å². The van der Waals surface area contributed by atoms with E-state index in [1.165, 1.54) is 12.3 Å². The van der Waals surface area contributed by atoms with Crippen molar-refractivity contribution in [3.05, 3.63) is 89.2 Å². The van der Waals surface area contributed by atoms with Gasteiger partial charge in [0.1, 0.15) is 11.4 Å². The highest BCUT2D eigenvalue weighted by Gasteiger charge is 2.12. The lowest BCUT2D eigenvalue weighted by Gasteiger charge is -2.10. The van der Waals surface area contributed by atoms with Crippen LogP contribution in [-0.4, -0.2) is 30.5 Å². The monoisotopic (exact) mass is 389 g/mol. The Morgan fingerprint density at radius 2 is 1.83 bits per heavy atom. The Labute approximate surface area is 169 Å². The van der Waals surface area contributed by atoms with Crippen LogP contribution in [0.3, 0.4) is 0 Å². The minimum absolute atomic E-state index is 0.184. The molecule has 29 heavy (non-hydrogen) atoms. The van der Waals surface area contributed by atoms with Gasteiger partial charge in [0.2, 0.25) is 0 Å². The molecule has 0 aliphatic carbocycles. The van der Waals surface area contributed by atoms with Gasteiger partial charge in [0.05, 0.1) is 7.11 Å². The Kier molecular flexibility index (Phi) is 6.58. The normalized spacial score (nSPS) is 10.3. The van der Waals surface area contributed by atoms with Crippen LogP contribution in [0, 0.1) is 6.92 Å². The molecule has 0 aliphatic rings. The fourth-order valence-corrected chi connectivity index (χ4v) is 2.94. The summed E-state index contributed by atoms with van der Waals surface area (Å²) >= 11 is 0. The number of pyridine rings is 1. The van der Waals surface area contributed by atoms with Gasteiger partial charge in [-0.1, -0.05) is 30.3 Å². The van der Waals surface area contributed by atoms with E-state index in [9.17, 15) is 9.59 Å². The Bertz CT molecular complexity index is 1020. The highest BCUT2D eigenvalue weighted by atomic mass is 16.5. The quantitative estimate of drug-likeness (QED) is 0.647. The summed E-state index contributed by atoms with van der Waals surface area (Å²) in [4.78, 5) is 29.0. The maximum atomic E-state index is 12.5. The van der Waals surface area contributed by atoms with Crippen LogP contribution in [0.15, 0.2) is 66.9 Å². The van der Waals surface area contributed by atoms with E-state index in [0.717, 1.165) is 16.9 Å². The topological polar surface area (TPSA) is 80.3 Å². The molecule has 0 saturated carbocycles. The van der Waals surface area contributed by atoms with Gasteiger partial charge in [0.25, 0.3) is 11.8 Å². The molecular weight excluding hydrogens is 366 g/mol. The second-order valence-corrected chi connectivity index (χ2v) is 6.57. The van der Waals surface area contributed by atoms with Crippen molar-refractivity contribution in [2.75, 3.05) is 19.0 Å². The molecule has 0 radical (unpaired) electrons. The van der Waals surface area contributed by atoms with Crippen LogP contribution >= 0.6 is 0 Å². The molecule has 6 nitrogen and oxygen atoms in total. The van der Waals surface area contributed by atoms with Crippen LogP contribution in [0.5, 0.6) is 5.75 Å². The predicted molar refractivity (Wildman–Crippen MR) is 112 cm³/mol. The number of carbonyl (C=O) groups is 2. The molecule has 6 heteroatoms. The summed E-state index contributed by atoms with van der Waals surface area (Å²) in [5.41, 5.74) is 3.31. The van der Waals surface area contributed by atoms with E-state index in [1.807, 2.05) is 49.4 Å². The number of hydrogen-bond acceptors (Lipinski definition) is 4. The summed E-state index contributed by atoms with van der Waals surface area (Å²) in [7, 11) is 1.62. The van der Waals surface area contributed by atoms with Crippen molar-refractivity contribution in [3.63, 3.8) is 0 Å². The standard InChI is InChI=1S/C23H23N3O3/c1-16-6-5-8-19(14-16)26-23(28)20-15-18(11-12-24-20)22(27)25-13-10-17-7-3-4-9-21(17)29-2/h3-9,11-12,14-15H,10,13H2,1-2H3,(H,25,27)(H,26,28). The van der Waals surface area contributed by atoms with Crippen LogP contribution in [0.25, 0.3) is 0 Å². The molecule has 148 valence electrons. The van der Waals surface area contributed by atoms with Gasteiger partial charge in [-0.05, 0) is 54.8 Å². The first kappa shape index (κ1) is 20.1. The molecule has 0 unspecified atom stereocenters. The van der Waals surface area contributed by atoms with Crippen molar-refractivity contribution in [1.29, 1.82) is 0 Å². The molecule has 2 aromatic carbocycles. The SMILES string of the molecule is COc1ccccc1CCNC(=O)c1ccnc(C(=O)Nc2cccc(C)c2)c1. The van der Waals surface area contributed by atoms with Crippen LogP contribution < -0.4 is 15.4 Å². The first-order valence-electron chi connectivity index (χ1n) is 9.31. The first-order valence-corrected chi connectivity index (χ1v) is 9.31. The maximum Gasteiger partial charge on any atom is 0.274 e. The number of anilines is 1. The maximum absolute atomic E-state index is 12.5. The molecule has 0 atom stereocenters. The number of para-hydroxylation sites is 1. The average Bonchev–Trinajstić information content (AvgIpc) is 2.74. The number of rotatable bonds is 7. The molecule has 2 amide bonds. The second-order valence-electron chi connectivity index (χ2n) is 6.57. The van der Waals surface area contributed by atoms with Crippen molar-refractivity contribution in [3.8, 4) is 5.75 Å². The van der Waals surface area contributed by atoms with Crippen molar-refractivity contribution < 1.29 is 14.3 Å². The number of aryl methyl sites for hydroxylation is 1. The third kappa shape index (κ3) is 5.42. The Hall–Kier alpha value is -3.67. The zero-order chi connectivity index (χ0) is 20.6. The number of carbonyl (C=O) groups excluding carboxylic acids is 2. The molecular formula is C23H23N3O3. The van der Waals surface area contributed by atoms with Gasteiger partial charge >= 0.3 is 0 Å². The third-order valence-electron chi connectivity index (χ3n) is 4.40. The van der Waals surface area contributed by atoms with Gasteiger partial charge in [-0.15, -0.1) is 0 Å². The largest absolute Gasteiger partial charge is 0.496 e. The van der Waals surface area contributed by atoms with E-state index in [-0.39, 0.29) is 17.5 Å². The zero-order valence-corrected chi connectivity index (χ0v) is 16.4. The molecule has 1 heterocycles. The number of nitrogens with zero attached hydrogens (tertiary/aromatic N) is 1. The second kappa shape index (κ2) is 9.50. The minimum atomic E-state index is -0.362. The lowest BCUT2D eigenvalue weighted by Crippen LogP contribution is -2.26. The van der Waals surface area contributed by atoms with E-state index in [1.54, 1.807) is 19.2 Å². The highest BCUT2D eigenvalue weighted by Crippen LogP contribution is 2.17. The molecule has 3 aromatic rings. The number of ether oxygens (including phenoxy) is 1. The third-order valence-corrected chi connectivity index (χ3v) is 4.40. The average molecular weight is 389 g/mol. The van der Waals surface area contributed by atoms with Crippen molar-refractivity contribution >= 4 is 17.5 Å². The number of nitrogens with one attached hydrogen (secondary N) is 2. The Morgan fingerprint density at radius 3 is 2.62 bits per heavy atom. The van der Waals surface area contributed by atoms with E-state index < -0.39 is 0 Å². The zero-order valence-electron chi connectivity index (χ0n) is 16.4. The molecule has 0 aliphatic heterocycles. The summed E-state index contributed by atoms with van der Waals surface area (Å²) in [5.74, 6) is 0.173. The number of methoxy groups -OCH3 is 1. The first-order chi connectivity index (χ1) is 14.1. The fourth-order valence-electron chi connectivity index (χ4n) is 2.94. The van der Waals surface area contributed by atoms with E-state index >= 15 is 0 Å². The van der Waals surface area contributed by atoms with Crippen molar-refractivity contribution in [2.45, 2.75) is 13.3 Å². The van der Waals surface area contributed by atoms with Crippen LogP contribution in [0.4, 0.5) is 5.69 Å². The van der Waals surface area contributed by atoms with Gasteiger partial charge in [-0.2, -0.15) is 0 Å². The van der Waals surface area contributed by atoms with Gasteiger partial charge in [0.15, 0.2) is 0 Å². The molecule has 3 rings (SSSR count). The summed E-state index contributed by atoms with van der Waals surface area (Å²) < 4.78 is 5.32. The van der Waals surface area contributed by atoms with Gasteiger partial charge < -0.3 is 15.4 Å². The van der Waals surface area contributed by atoms with Gasteiger partial charge in [0, 0.05) is 24.0 Å². The Balaban J connectivity index is 1.61. The van der Waals surface area contributed by atoms with Crippen LogP contribution in [-0.2, 0) is 6.42 Å². The fraction of sp³-hybridized carbons (Fsp3) is 0.174. The molecule has 0 fully saturated rings. The lowest BCUT2D eigenvalue weighted by atomic mass is 10.1. The summed E-state index contributed by atoms with van der Waals surface area (Å²) in [6.07, 6.45) is 2.10. The summed E-state index contributed by atoms with van der Waals surface area (Å²) in [5, 5.41) is 5.66. The molecule has 0 spiro atoms. The predicted octanol–water partition coefficient (Wildman–Crippen LogP) is 3.62. The summed E-state index contributed by atoms with van der Waals surface area (Å²) in [6.45, 7) is 2.40. The molecule has 0 saturated heterocycles. The number of aromatic nitrogens is 1. The number of amides is 2. The highest BCUT2D eigenvalue weighted by molar-refractivity contribution is 6.04.